The van der Waals surface area contributed by atoms with Crippen molar-refractivity contribution in [1.82, 2.24) is 0 Å². The summed E-state index contributed by atoms with van der Waals surface area (Å²) >= 11 is 8.55. The maximum Gasteiger partial charge on any atom is 0.147 e. The lowest BCUT2D eigenvalue weighted by molar-refractivity contribution is 0.204. The molecular weight excluding hydrogens is 1700 g/mol. The van der Waals surface area contributed by atoms with Crippen LogP contribution in [0.25, 0.3) is 0 Å². The molecule has 15 rings (SSSR count). The maximum atomic E-state index is 7.93. The molecule has 0 saturated heterocycles. The molecule has 0 aliphatic carbocycles. The van der Waals surface area contributed by atoms with Crippen molar-refractivity contribution in [2.45, 2.75) is 343 Å². The van der Waals surface area contributed by atoms with Crippen LogP contribution in [0.3, 0.4) is 0 Å². The Morgan fingerprint density at radius 1 is 0.138 bits per heavy atom. The highest BCUT2D eigenvalue weighted by molar-refractivity contribution is 8.01. The van der Waals surface area contributed by atoms with E-state index in [0.29, 0.717) is 32.1 Å². The van der Waals surface area contributed by atoms with Crippen LogP contribution in [0.4, 0.5) is 0 Å². The highest BCUT2D eigenvalue weighted by atomic mass is 32.2. The van der Waals surface area contributed by atoms with E-state index >= 15 is 0 Å². The zero-order chi connectivity index (χ0) is 93.4. The molecule has 10 nitrogen and oxygen atoms in total. The van der Waals surface area contributed by atoms with E-state index in [-0.39, 0.29) is 120 Å². The molecule has 15 heteroatoms. The summed E-state index contributed by atoms with van der Waals surface area (Å²) in [4.78, 5) is 9.40. The third-order valence-corrected chi connectivity index (χ3v) is 31.1. The highest BCUT2D eigenvalue weighted by Crippen LogP contribution is 2.59. The lowest BCUT2D eigenvalue weighted by Gasteiger charge is -2.30. The second-order valence-electron chi connectivity index (χ2n) is 47.0. The molecule has 690 valence electrons. The molecule has 10 aromatic carbocycles. The number of fused-ring (bicyclic) bond motifs is 15. The van der Waals surface area contributed by atoms with Crippen molar-refractivity contribution in [2.75, 3.05) is 66.1 Å². The molecule has 0 saturated carbocycles. The monoisotopic (exact) mass is 1840 g/mol. The quantitative estimate of drug-likeness (QED) is 0.144. The summed E-state index contributed by atoms with van der Waals surface area (Å²) in [6.07, 6.45) is 2.32. The van der Waals surface area contributed by atoms with E-state index in [4.69, 9.17) is 47.4 Å². The smallest absolute Gasteiger partial charge is 0.147 e. The fourth-order valence-electron chi connectivity index (χ4n) is 17.8. The molecule has 0 spiro atoms. The summed E-state index contributed by atoms with van der Waals surface area (Å²) in [7, 11) is 0. The SMILES string of the molecule is CC(C)(C)c1cc2c3c(c1)Cc1cc(C(C)(C)C)cc4c1OCCOc1c5cc(C(C)(C)C)cc1Sc1cc(C(C)(C)C)cc6c1OCCOc1c(cc(C(C)(C)C)cc1Cc1cc(C(C)(C)C)cc7c1OCCOc1c(cc(C(C)(C)C)cc1S6)Sc1cc(C(C)(C)C)cc(c1OCCOc1c(cc(C(C)(C)C)cc1C7)C2)Sc1cc(C(C)(C)C)cc(c1OCCO3)S5)C4. The maximum absolute atomic E-state index is 7.93. The van der Waals surface area contributed by atoms with Crippen molar-refractivity contribution in [3.05, 3.63) is 233 Å². The molecule has 10 bridgehead atoms. The van der Waals surface area contributed by atoms with Crippen LogP contribution in [-0.2, 0) is 86.3 Å². The van der Waals surface area contributed by atoms with E-state index in [1.54, 1.807) is 58.8 Å². The first-order valence-electron chi connectivity index (χ1n) is 47.1. The summed E-state index contributed by atoms with van der Waals surface area (Å²) in [5.74, 6) is 7.74. The van der Waals surface area contributed by atoms with Gasteiger partial charge in [-0.05, 0) is 226 Å². The van der Waals surface area contributed by atoms with Crippen LogP contribution in [0.15, 0.2) is 170 Å². The van der Waals surface area contributed by atoms with Gasteiger partial charge in [-0.15, -0.1) is 0 Å². The minimum atomic E-state index is -0.349. The number of rotatable bonds is 0. The molecule has 10 aromatic rings. The molecule has 5 aliphatic heterocycles. The lowest BCUT2D eigenvalue weighted by atomic mass is 9.79. The van der Waals surface area contributed by atoms with Crippen LogP contribution in [-0.4, -0.2) is 66.1 Å². The zero-order valence-electron chi connectivity index (χ0n) is 83.3. The summed E-state index contributed by atoms with van der Waals surface area (Å²) in [5, 5.41) is 0. The minimum Gasteiger partial charge on any atom is -0.489 e. The fraction of sp³-hybridized carbons (Fsp3) is 0.478. The molecule has 0 radical (unpaired) electrons. The van der Waals surface area contributed by atoms with Gasteiger partial charge in [0.25, 0.3) is 0 Å². The van der Waals surface area contributed by atoms with Gasteiger partial charge in [0.05, 0.1) is 49.0 Å². The predicted molar refractivity (Wildman–Crippen MR) is 541 cm³/mol. The minimum absolute atomic E-state index is 0.188. The number of benzene rings is 10. The Hall–Kier alpha value is -8.05. The molecule has 0 atom stereocenters. The largest absolute Gasteiger partial charge is 0.489 e. The molecule has 0 amide bonds. The van der Waals surface area contributed by atoms with E-state index in [0.717, 1.165) is 190 Å². The Balaban J connectivity index is 1.15. The van der Waals surface area contributed by atoms with Crippen LogP contribution < -0.4 is 47.4 Å². The average Bonchev–Trinajstić information content (AvgIpc) is 0.760. The van der Waals surface area contributed by atoms with E-state index in [2.05, 4.69) is 329 Å². The van der Waals surface area contributed by atoms with Gasteiger partial charge in [-0.1, -0.05) is 327 Å². The first-order chi connectivity index (χ1) is 60.6. The van der Waals surface area contributed by atoms with E-state index in [1.165, 1.54) is 27.8 Å². The van der Waals surface area contributed by atoms with Crippen molar-refractivity contribution < 1.29 is 47.4 Å². The predicted octanol–water partition coefficient (Wildman–Crippen LogP) is 30.5. The van der Waals surface area contributed by atoms with Gasteiger partial charge in [-0.3, -0.25) is 0 Å². The van der Waals surface area contributed by atoms with Crippen LogP contribution >= 0.6 is 58.8 Å². The third-order valence-electron chi connectivity index (χ3n) is 25.9. The number of hydrogen-bond donors (Lipinski definition) is 0. The van der Waals surface area contributed by atoms with Crippen molar-refractivity contribution in [3.63, 3.8) is 0 Å². The fourth-order valence-corrected chi connectivity index (χ4v) is 23.7. The molecule has 0 fully saturated rings. The molecule has 5 aliphatic rings. The van der Waals surface area contributed by atoms with E-state index in [1.807, 2.05) is 0 Å². The average molecular weight is 1840 g/mol. The van der Waals surface area contributed by atoms with Gasteiger partial charge in [0.15, 0.2) is 0 Å². The van der Waals surface area contributed by atoms with Gasteiger partial charge in [0.1, 0.15) is 124 Å². The number of hydrogen-bond acceptors (Lipinski definition) is 15. The normalized spacial score (nSPS) is 16.1. The first kappa shape index (κ1) is 95.1. The van der Waals surface area contributed by atoms with Gasteiger partial charge < -0.3 is 47.4 Å². The van der Waals surface area contributed by atoms with Gasteiger partial charge >= 0.3 is 0 Å². The third kappa shape index (κ3) is 20.6. The van der Waals surface area contributed by atoms with Gasteiger partial charge in [-0.25, -0.2) is 0 Å². The lowest BCUT2D eigenvalue weighted by Crippen LogP contribution is -2.20. The Morgan fingerprint density at radius 3 is 0.331 bits per heavy atom. The Kier molecular flexibility index (Phi) is 25.8. The molecule has 0 aromatic heterocycles. The zero-order valence-corrected chi connectivity index (χ0v) is 87.4. The molecule has 130 heavy (non-hydrogen) atoms. The van der Waals surface area contributed by atoms with E-state index < -0.39 is 0 Å². The standard InChI is InChI=1S/C115H140O10S5/c1-106(2,3)76-46-66-41-68-48-77(107(4,5)6)50-70-43-72-52-79(109(10,11)12)54-74-45-75-55-80(110(13,14)15)53-73-44-71-51-78(108(7,8)9)49-69-42-67(47-76)96(66)116-31-36-121-101-86-56-81(111(16,17)18)57-87(101)127-89-59-83(113(22,23)24)61-91(103(89)123-38-33-118-98(69)71)129-93-63-85(115(28,29)30)65-95(105(93)125-40-35-120-100(73)75)130-94-64-84(114(25,26)27)62-92(104(94)124-39-34-119-99(72)74)128-90-60-82(112(19,20)21)58-88(126-86)102(90)122-37-32-117-97(68)70/h46-65H,31-45H2,1-30H3. The first-order valence-corrected chi connectivity index (χ1v) is 51.1. The van der Waals surface area contributed by atoms with Crippen LogP contribution in [0.5, 0.6) is 57.5 Å². The Bertz CT molecular complexity index is 4600. The summed E-state index contributed by atoms with van der Waals surface area (Å²) in [5.41, 5.74) is 18.8. The van der Waals surface area contributed by atoms with Crippen LogP contribution in [0.2, 0.25) is 0 Å². The van der Waals surface area contributed by atoms with Crippen LogP contribution in [0, 0.1) is 0 Å². The van der Waals surface area contributed by atoms with E-state index in [9.17, 15) is 0 Å². The summed E-state index contributed by atoms with van der Waals surface area (Å²) < 4.78 is 79.1. The van der Waals surface area contributed by atoms with Crippen molar-refractivity contribution in [3.8, 4) is 57.5 Å². The summed E-state index contributed by atoms with van der Waals surface area (Å²) in [6.45, 7) is 71.8. The second kappa shape index (κ2) is 35.3. The Labute approximate surface area is 799 Å². The van der Waals surface area contributed by atoms with Gasteiger partial charge in [0.2, 0.25) is 0 Å². The molecular formula is C115H140O10S5. The Morgan fingerprint density at radius 2 is 0.231 bits per heavy atom. The van der Waals surface area contributed by atoms with Gasteiger partial charge in [-0.2, -0.15) is 0 Å². The van der Waals surface area contributed by atoms with Crippen LogP contribution in [0.1, 0.15) is 319 Å². The topological polar surface area (TPSA) is 92.3 Å². The van der Waals surface area contributed by atoms with Crippen molar-refractivity contribution in [2.24, 2.45) is 0 Å². The molecule has 5 heterocycles. The number of ether oxygens (including phenoxy) is 10. The highest BCUT2D eigenvalue weighted by Gasteiger charge is 2.38. The second-order valence-corrected chi connectivity index (χ2v) is 52.4. The van der Waals surface area contributed by atoms with Crippen molar-refractivity contribution >= 4 is 58.8 Å². The van der Waals surface area contributed by atoms with Gasteiger partial charge in [0, 0.05) is 32.1 Å². The summed E-state index contributed by atoms with van der Waals surface area (Å²) in [6, 6.07) is 48.1. The molecule has 0 N–H and O–H groups in total. The van der Waals surface area contributed by atoms with Crippen molar-refractivity contribution in [1.29, 1.82) is 0 Å². The molecule has 0 unspecified atom stereocenters.